The van der Waals surface area contributed by atoms with E-state index in [1.165, 1.54) is 18.4 Å². The van der Waals surface area contributed by atoms with Gasteiger partial charge in [0.25, 0.3) is 0 Å². The van der Waals surface area contributed by atoms with E-state index in [0.717, 1.165) is 49.8 Å². The van der Waals surface area contributed by atoms with Crippen LogP contribution in [-0.4, -0.2) is 30.5 Å². The number of esters is 1. The molecular formula is C25H37F3O3S. The molecule has 7 heteroatoms. The number of carbonyl (C=O) groups is 1. The number of ether oxygens (including phenoxy) is 1. The van der Waals surface area contributed by atoms with Crippen molar-refractivity contribution in [3.63, 3.8) is 0 Å². The van der Waals surface area contributed by atoms with Gasteiger partial charge in [-0.15, -0.1) is 11.3 Å². The molecular weight excluding hydrogens is 437 g/mol. The SMILES string of the molecule is CCC1(C(O)CCCC2C(C(F)(F)F)CC[C@@H]2CCCc2ccc(C(=O)OC)s2)CCC1. The first kappa shape index (κ1) is 25.5. The second-order valence-corrected chi connectivity index (χ2v) is 11.0. The highest BCUT2D eigenvalue weighted by Crippen LogP contribution is 2.51. The Labute approximate surface area is 193 Å². The minimum Gasteiger partial charge on any atom is -0.465 e. The van der Waals surface area contributed by atoms with E-state index in [4.69, 9.17) is 4.74 Å². The summed E-state index contributed by atoms with van der Waals surface area (Å²) in [7, 11) is 1.35. The largest absolute Gasteiger partial charge is 0.465 e. The molecule has 2 aliphatic rings. The zero-order chi connectivity index (χ0) is 23.4. The van der Waals surface area contributed by atoms with Crippen molar-refractivity contribution in [1.82, 2.24) is 0 Å². The Morgan fingerprint density at radius 3 is 2.59 bits per heavy atom. The number of alkyl halides is 3. The highest BCUT2D eigenvalue weighted by Gasteiger charge is 2.50. The third-order valence-electron chi connectivity index (χ3n) is 8.21. The molecule has 0 amide bonds. The number of halogens is 3. The Kier molecular flexibility index (Phi) is 8.70. The van der Waals surface area contributed by atoms with Crippen LogP contribution in [0.25, 0.3) is 0 Å². The first-order valence-electron chi connectivity index (χ1n) is 12.1. The number of aryl methyl sites for hydroxylation is 1. The van der Waals surface area contributed by atoms with Crippen molar-refractivity contribution >= 4 is 17.3 Å². The molecule has 3 unspecified atom stereocenters. The molecule has 0 spiro atoms. The van der Waals surface area contributed by atoms with Crippen molar-refractivity contribution in [3.8, 4) is 0 Å². The van der Waals surface area contributed by atoms with E-state index in [-0.39, 0.29) is 35.7 Å². The molecule has 182 valence electrons. The number of aliphatic hydroxyl groups excluding tert-OH is 1. The number of methoxy groups -OCH3 is 1. The number of thiophene rings is 1. The monoisotopic (exact) mass is 474 g/mol. The molecule has 0 radical (unpaired) electrons. The first-order valence-corrected chi connectivity index (χ1v) is 12.9. The smallest absolute Gasteiger partial charge is 0.392 e. The summed E-state index contributed by atoms with van der Waals surface area (Å²) >= 11 is 1.40. The second kappa shape index (κ2) is 10.9. The highest BCUT2D eigenvalue weighted by atomic mass is 32.1. The molecule has 1 aromatic rings. The summed E-state index contributed by atoms with van der Waals surface area (Å²) in [6.07, 6.45) is 4.76. The number of hydrogen-bond acceptors (Lipinski definition) is 4. The van der Waals surface area contributed by atoms with Crippen molar-refractivity contribution in [2.24, 2.45) is 23.2 Å². The van der Waals surface area contributed by atoms with Gasteiger partial charge in [0, 0.05) is 4.88 Å². The van der Waals surface area contributed by atoms with E-state index in [2.05, 4.69) is 6.92 Å². The number of aliphatic hydroxyl groups is 1. The minimum atomic E-state index is -4.14. The van der Waals surface area contributed by atoms with Crippen LogP contribution >= 0.6 is 11.3 Å². The van der Waals surface area contributed by atoms with Gasteiger partial charge in [-0.1, -0.05) is 19.8 Å². The van der Waals surface area contributed by atoms with E-state index in [1.807, 2.05) is 6.07 Å². The lowest BCUT2D eigenvalue weighted by Gasteiger charge is -2.45. The van der Waals surface area contributed by atoms with Gasteiger partial charge in [-0.25, -0.2) is 4.79 Å². The maximum absolute atomic E-state index is 13.7. The molecule has 0 bridgehead atoms. The number of carbonyl (C=O) groups excluding carboxylic acids is 1. The Morgan fingerprint density at radius 1 is 1.25 bits per heavy atom. The normalized spacial score (nSPS) is 26.0. The molecule has 32 heavy (non-hydrogen) atoms. The zero-order valence-corrected chi connectivity index (χ0v) is 20.1. The molecule has 4 atom stereocenters. The fraction of sp³-hybridized carbons (Fsp3) is 0.800. The minimum absolute atomic E-state index is 0.0161. The first-order chi connectivity index (χ1) is 15.2. The quantitative estimate of drug-likeness (QED) is 0.346. The molecule has 2 saturated carbocycles. The third kappa shape index (κ3) is 5.88. The molecule has 1 N–H and O–H groups in total. The zero-order valence-electron chi connectivity index (χ0n) is 19.3. The lowest BCUT2D eigenvalue weighted by Crippen LogP contribution is -2.40. The molecule has 0 aliphatic heterocycles. The topological polar surface area (TPSA) is 46.5 Å². The summed E-state index contributed by atoms with van der Waals surface area (Å²) in [6.45, 7) is 2.11. The van der Waals surface area contributed by atoms with Crippen LogP contribution in [0.2, 0.25) is 0 Å². The summed E-state index contributed by atoms with van der Waals surface area (Å²) in [6, 6.07) is 3.66. The summed E-state index contributed by atoms with van der Waals surface area (Å²) in [5, 5.41) is 10.7. The fourth-order valence-corrected chi connectivity index (χ4v) is 6.99. The van der Waals surface area contributed by atoms with Crippen molar-refractivity contribution < 1.29 is 27.8 Å². The predicted molar refractivity (Wildman–Crippen MR) is 121 cm³/mol. The van der Waals surface area contributed by atoms with Gasteiger partial charge < -0.3 is 9.84 Å². The Balaban J connectivity index is 1.52. The van der Waals surface area contributed by atoms with Crippen LogP contribution in [0, 0.1) is 23.2 Å². The van der Waals surface area contributed by atoms with Crippen molar-refractivity contribution in [2.75, 3.05) is 7.11 Å². The van der Waals surface area contributed by atoms with E-state index in [1.54, 1.807) is 6.07 Å². The van der Waals surface area contributed by atoms with Gasteiger partial charge >= 0.3 is 12.1 Å². The van der Waals surface area contributed by atoms with Crippen molar-refractivity contribution in [2.45, 2.75) is 96.3 Å². The van der Waals surface area contributed by atoms with Crippen LogP contribution in [-0.2, 0) is 11.2 Å². The summed E-state index contributed by atoms with van der Waals surface area (Å²) in [5.41, 5.74) is 0.0161. The van der Waals surface area contributed by atoms with Crippen LogP contribution < -0.4 is 0 Å². The Hall–Kier alpha value is -1.08. The number of rotatable bonds is 11. The van der Waals surface area contributed by atoms with E-state index < -0.39 is 12.1 Å². The van der Waals surface area contributed by atoms with Gasteiger partial charge in [0.15, 0.2) is 0 Å². The van der Waals surface area contributed by atoms with Crippen LogP contribution in [0.5, 0.6) is 0 Å². The average Bonchev–Trinajstić information content (AvgIpc) is 3.34. The summed E-state index contributed by atoms with van der Waals surface area (Å²) < 4.78 is 45.8. The van der Waals surface area contributed by atoms with Crippen LogP contribution in [0.15, 0.2) is 12.1 Å². The van der Waals surface area contributed by atoms with E-state index >= 15 is 0 Å². The Bertz CT molecular complexity index is 736. The fourth-order valence-electron chi connectivity index (χ4n) is 6.02. The molecule has 1 heterocycles. The maximum Gasteiger partial charge on any atom is 0.392 e. The number of hydrogen-bond donors (Lipinski definition) is 1. The molecule has 0 aromatic carbocycles. The standard InChI is InChI=1S/C25H37F3O3S/c1-3-24(15-6-16-24)22(29)10-5-9-19-17(11-13-20(19)25(26,27)28)7-4-8-18-12-14-21(32-18)23(30)31-2/h12,14,17,19-20,22,29H,3-11,13,15-16H2,1-2H3/t17-,19?,20?,22?/m0/s1. The van der Waals surface area contributed by atoms with Crippen molar-refractivity contribution in [3.05, 3.63) is 21.9 Å². The van der Waals surface area contributed by atoms with Gasteiger partial charge in [-0.3, -0.25) is 0 Å². The predicted octanol–water partition coefficient (Wildman–Crippen LogP) is 7.17. The van der Waals surface area contributed by atoms with Gasteiger partial charge in [-0.2, -0.15) is 13.2 Å². The Morgan fingerprint density at radius 2 is 2.00 bits per heavy atom. The maximum atomic E-state index is 13.7. The lowest BCUT2D eigenvalue weighted by atomic mass is 9.62. The van der Waals surface area contributed by atoms with Crippen LogP contribution in [0.1, 0.15) is 92.1 Å². The molecule has 3 rings (SSSR count). The molecule has 2 aliphatic carbocycles. The van der Waals surface area contributed by atoms with Crippen LogP contribution in [0.3, 0.4) is 0 Å². The van der Waals surface area contributed by atoms with Gasteiger partial charge in [-0.05, 0) is 93.6 Å². The third-order valence-corrected chi connectivity index (χ3v) is 9.34. The van der Waals surface area contributed by atoms with E-state index in [9.17, 15) is 23.1 Å². The highest BCUT2D eigenvalue weighted by molar-refractivity contribution is 7.13. The lowest BCUT2D eigenvalue weighted by molar-refractivity contribution is -0.186. The molecule has 2 fully saturated rings. The van der Waals surface area contributed by atoms with Gasteiger partial charge in [0.2, 0.25) is 0 Å². The van der Waals surface area contributed by atoms with Crippen molar-refractivity contribution in [1.29, 1.82) is 0 Å². The second-order valence-electron chi connectivity index (χ2n) is 9.82. The molecule has 1 aromatic heterocycles. The average molecular weight is 475 g/mol. The van der Waals surface area contributed by atoms with E-state index in [0.29, 0.717) is 30.6 Å². The van der Waals surface area contributed by atoms with Crippen LogP contribution in [0.4, 0.5) is 13.2 Å². The summed E-state index contributed by atoms with van der Waals surface area (Å²) in [5.74, 6) is -1.81. The molecule has 0 saturated heterocycles. The van der Waals surface area contributed by atoms with Gasteiger partial charge in [0.1, 0.15) is 4.88 Å². The van der Waals surface area contributed by atoms with Gasteiger partial charge in [0.05, 0.1) is 19.1 Å². The summed E-state index contributed by atoms with van der Waals surface area (Å²) in [4.78, 5) is 13.2. The molecule has 3 nitrogen and oxygen atoms in total.